The average molecular weight is 339 g/mol. The van der Waals surface area contributed by atoms with Gasteiger partial charge in [0.05, 0.1) is 0 Å². The van der Waals surface area contributed by atoms with Crippen LogP contribution in [0.4, 0.5) is 0 Å². The lowest BCUT2D eigenvalue weighted by atomic mass is 9.93. The van der Waals surface area contributed by atoms with Crippen molar-refractivity contribution in [3.8, 4) is 0 Å². The third-order valence-electron chi connectivity index (χ3n) is 5.53. The van der Waals surface area contributed by atoms with Gasteiger partial charge in [0.25, 0.3) is 0 Å². The summed E-state index contributed by atoms with van der Waals surface area (Å²) in [5.74, 6) is 2.09. The Hall–Kier alpha value is -0.330. The van der Waals surface area contributed by atoms with Crippen LogP contribution in [0.5, 0.6) is 0 Å². The third-order valence-corrected chi connectivity index (χ3v) is 5.53. The molecule has 1 heteroatoms. The van der Waals surface area contributed by atoms with E-state index in [0.29, 0.717) is 0 Å². The molecule has 0 saturated heterocycles. The van der Waals surface area contributed by atoms with E-state index in [0.717, 1.165) is 24.5 Å². The molecule has 3 unspecified atom stereocenters. The van der Waals surface area contributed by atoms with Gasteiger partial charge >= 0.3 is 0 Å². The van der Waals surface area contributed by atoms with E-state index >= 15 is 0 Å². The molecule has 0 amide bonds. The normalized spacial score (nSPS) is 15.2. The van der Waals surface area contributed by atoms with Gasteiger partial charge in [0.1, 0.15) is 6.29 Å². The highest BCUT2D eigenvalue weighted by Crippen LogP contribution is 2.20. The molecule has 0 rings (SSSR count). The van der Waals surface area contributed by atoms with Crippen LogP contribution in [0.15, 0.2) is 0 Å². The van der Waals surface area contributed by atoms with Gasteiger partial charge in [0.2, 0.25) is 0 Å². The molecule has 0 fully saturated rings. The molecule has 1 nitrogen and oxygen atoms in total. The first-order chi connectivity index (χ1) is 11.6. The SMILES string of the molecule is CCCCCCC(C)CCCCCC(C)CCCCCC(C)C=O. The second-order valence-corrected chi connectivity index (χ2v) is 8.45. The Kier molecular flexibility index (Phi) is 17.3. The van der Waals surface area contributed by atoms with Gasteiger partial charge in [-0.1, -0.05) is 118 Å². The molecule has 0 spiro atoms. The Morgan fingerprint density at radius 3 is 1.33 bits per heavy atom. The Balaban J connectivity index is 3.33. The van der Waals surface area contributed by atoms with Gasteiger partial charge < -0.3 is 4.79 Å². The minimum atomic E-state index is 0.261. The molecule has 0 aliphatic heterocycles. The number of aldehydes is 1. The van der Waals surface area contributed by atoms with E-state index in [1.54, 1.807) is 0 Å². The maximum atomic E-state index is 10.6. The fraction of sp³-hybridized carbons (Fsp3) is 0.957. The third kappa shape index (κ3) is 16.5. The van der Waals surface area contributed by atoms with Crippen LogP contribution >= 0.6 is 0 Å². The van der Waals surface area contributed by atoms with Crippen molar-refractivity contribution in [2.45, 2.75) is 124 Å². The first-order valence-corrected chi connectivity index (χ1v) is 11.0. The van der Waals surface area contributed by atoms with Crippen molar-refractivity contribution in [1.29, 1.82) is 0 Å². The zero-order chi connectivity index (χ0) is 18.0. The van der Waals surface area contributed by atoms with Crippen LogP contribution in [0.1, 0.15) is 124 Å². The number of carbonyl (C=O) groups excluding carboxylic acids is 1. The van der Waals surface area contributed by atoms with Gasteiger partial charge in [-0.15, -0.1) is 0 Å². The molecule has 0 heterocycles. The molecule has 0 radical (unpaired) electrons. The monoisotopic (exact) mass is 338 g/mol. The van der Waals surface area contributed by atoms with Crippen molar-refractivity contribution in [1.82, 2.24) is 0 Å². The summed E-state index contributed by atoms with van der Waals surface area (Å²) in [5, 5.41) is 0. The van der Waals surface area contributed by atoms with E-state index in [1.165, 1.54) is 89.9 Å². The second kappa shape index (κ2) is 17.5. The number of hydrogen-bond acceptors (Lipinski definition) is 1. The van der Waals surface area contributed by atoms with Crippen molar-refractivity contribution < 1.29 is 4.79 Å². The molecule has 0 saturated carbocycles. The Bertz CT molecular complexity index is 261. The standard InChI is InChI=1S/C23H46O/c1-5-6-7-10-15-21(2)16-11-8-12-17-22(3)18-13-9-14-19-23(4)20-24/h20-23H,5-19H2,1-4H3. The summed E-state index contributed by atoms with van der Waals surface area (Å²) in [4.78, 5) is 10.6. The molecular weight excluding hydrogens is 292 g/mol. The van der Waals surface area contributed by atoms with E-state index in [1.807, 2.05) is 6.92 Å². The fourth-order valence-corrected chi connectivity index (χ4v) is 3.57. The molecular formula is C23H46O. The first-order valence-electron chi connectivity index (χ1n) is 11.0. The van der Waals surface area contributed by atoms with E-state index in [-0.39, 0.29) is 5.92 Å². The molecule has 0 aromatic carbocycles. The maximum absolute atomic E-state index is 10.6. The molecule has 0 aliphatic carbocycles. The summed E-state index contributed by atoms with van der Waals surface area (Å²) in [6, 6.07) is 0. The van der Waals surface area contributed by atoms with E-state index in [4.69, 9.17) is 0 Å². The topological polar surface area (TPSA) is 17.1 Å². The molecule has 24 heavy (non-hydrogen) atoms. The lowest BCUT2D eigenvalue weighted by Crippen LogP contribution is -1.98. The zero-order valence-electron chi connectivity index (χ0n) is 17.3. The summed E-state index contributed by atoms with van der Waals surface area (Å²) in [7, 11) is 0. The zero-order valence-corrected chi connectivity index (χ0v) is 17.3. The van der Waals surface area contributed by atoms with Crippen molar-refractivity contribution >= 4 is 6.29 Å². The number of hydrogen-bond donors (Lipinski definition) is 0. The highest BCUT2D eigenvalue weighted by molar-refractivity contribution is 5.52. The quantitative estimate of drug-likeness (QED) is 0.183. The maximum Gasteiger partial charge on any atom is 0.122 e. The molecule has 0 bridgehead atoms. The van der Waals surface area contributed by atoms with Gasteiger partial charge in [0.15, 0.2) is 0 Å². The highest BCUT2D eigenvalue weighted by Gasteiger charge is 2.05. The van der Waals surface area contributed by atoms with Crippen molar-refractivity contribution in [2.75, 3.05) is 0 Å². The molecule has 144 valence electrons. The second-order valence-electron chi connectivity index (χ2n) is 8.45. The van der Waals surface area contributed by atoms with E-state index in [9.17, 15) is 4.79 Å². The smallest absolute Gasteiger partial charge is 0.122 e. The number of carbonyl (C=O) groups is 1. The summed E-state index contributed by atoms with van der Waals surface area (Å²) in [6.45, 7) is 9.19. The lowest BCUT2D eigenvalue weighted by molar-refractivity contribution is -0.110. The average Bonchev–Trinajstić information content (AvgIpc) is 2.57. The van der Waals surface area contributed by atoms with Crippen LogP contribution in [-0.2, 0) is 4.79 Å². The highest BCUT2D eigenvalue weighted by atomic mass is 16.1. The van der Waals surface area contributed by atoms with Crippen molar-refractivity contribution in [3.05, 3.63) is 0 Å². The van der Waals surface area contributed by atoms with Crippen molar-refractivity contribution in [2.24, 2.45) is 17.8 Å². The largest absolute Gasteiger partial charge is 0.303 e. The predicted molar refractivity (Wildman–Crippen MR) is 108 cm³/mol. The summed E-state index contributed by atoms with van der Waals surface area (Å²) < 4.78 is 0. The van der Waals surface area contributed by atoms with Gasteiger partial charge in [-0.3, -0.25) is 0 Å². The first kappa shape index (κ1) is 23.7. The Labute approximate surface area is 153 Å². The minimum absolute atomic E-state index is 0.261. The number of rotatable bonds is 18. The van der Waals surface area contributed by atoms with Gasteiger partial charge in [-0.05, 0) is 18.3 Å². The summed E-state index contributed by atoms with van der Waals surface area (Å²) >= 11 is 0. The predicted octanol–water partition coefficient (Wildman–Crippen LogP) is 7.97. The van der Waals surface area contributed by atoms with Gasteiger partial charge in [0, 0.05) is 5.92 Å². The summed E-state index contributed by atoms with van der Waals surface area (Å²) in [6.07, 6.45) is 21.7. The van der Waals surface area contributed by atoms with Crippen molar-refractivity contribution in [3.63, 3.8) is 0 Å². The molecule has 0 N–H and O–H groups in total. The van der Waals surface area contributed by atoms with Crippen LogP contribution < -0.4 is 0 Å². The van der Waals surface area contributed by atoms with Crippen LogP contribution in [0.2, 0.25) is 0 Å². The molecule has 3 atom stereocenters. The van der Waals surface area contributed by atoms with E-state index in [2.05, 4.69) is 20.8 Å². The summed E-state index contributed by atoms with van der Waals surface area (Å²) in [5.41, 5.74) is 0. The fourth-order valence-electron chi connectivity index (χ4n) is 3.57. The molecule has 0 aromatic heterocycles. The van der Waals surface area contributed by atoms with Crippen LogP contribution in [0.25, 0.3) is 0 Å². The Morgan fingerprint density at radius 1 is 0.583 bits per heavy atom. The van der Waals surface area contributed by atoms with Gasteiger partial charge in [-0.25, -0.2) is 0 Å². The van der Waals surface area contributed by atoms with Crippen LogP contribution in [0.3, 0.4) is 0 Å². The molecule has 0 aliphatic rings. The minimum Gasteiger partial charge on any atom is -0.303 e. The van der Waals surface area contributed by atoms with Gasteiger partial charge in [-0.2, -0.15) is 0 Å². The Morgan fingerprint density at radius 2 is 0.958 bits per heavy atom. The van der Waals surface area contributed by atoms with Crippen LogP contribution in [0, 0.1) is 17.8 Å². The van der Waals surface area contributed by atoms with Crippen LogP contribution in [-0.4, -0.2) is 6.29 Å². The lowest BCUT2D eigenvalue weighted by Gasteiger charge is -2.13. The van der Waals surface area contributed by atoms with E-state index < -0.39 is 0 Å². The molecule has 0 aromatic rings. The number of unbranched alkanes of at least 4 members (excludes halogenated alkanes) is 7.